The molecule has 1 saturated carbocycles. The number of allylic oxidation sites excluding steroid dienone is 1. The van der Waals surface area contributed by atoms with Crippen molar-refractivity contribution in [2.24, 2.45) is 5.92 Å². The van der Waals surface area contributed by atoms with Crippen molar-refractivity contribution in [3.63, 3.8) is 0 Å². The zero-order valence-electron chi connectivity index (χ0n) is 20.3. The lowest BCUT2D eigenvalue weighted by molar-refractivity contribution is -0.144. The summed E-state index contributed by atoms with van der Waals surface area (Å²) in [5, 5.41) is 14.2. The van der Waals surface area contributed by atoms with E-state index in [-0.39, 0.29) is 36.5 Å². The number of aromatic nitrogens is 1. The second-order valence-corrected chi connectivity index (χ2v) is 9.98. The third kappa shape index (κ3) is 5.02. The molecule has 1 aromatic heterocycles. The molecule has 4 unspecified atom stereocenters. The first-order chi connectivity index (χ1) is 17.8. The number of hydrogen-bond donors (Lipinski definition) is 2. The smallest absolute Gasteiger partial charge is 0.410 e. The normalized spacial score (nSPS) is 28.8. The van der Waals surface area contributed by atoms with Crippen molar-refractivity contribution in [3.05, 3.63) is 41.6 Å². The Morgan fingerprint density at radius 3 is 2.92 bits per heavy atom. The summed E-state index contributed by atoms with van der Waals surface area (Å²) in [5.74, 6) is -1.01. The summed E-state index contributed by atoms with van der Waals surface area (Å²) >= 11 is 6.23. The number of carboxylic acids is 1. The van der Waals surface area contributed by atoms with Crippen molar-refractivity contribution < 1.29 is 33.7 Å². The van der Waals surface area contributed by atoms with E-state index >= 15 is 0 Å². The molecule has 0 spiro atoms. The Kier molecular flexibility index (Phi) is 6.85. The number of nitrogens with one attached hydrogen (secondary N) is 1. The number of fused-ring (bicyclic) bond motifs is 3. The molecule has 11 heteroatoms. The average Bonchev–Trinajstić information content (AvgIpc) is 3.40. The Hall–Kier alpha value is -3.53. The molecule has 3 aliphatic rings. The maximum absolute atomic E-state index is 13.3. The van der Waals surface area contributed by atoms with E-state index in [1.54, 1.807) is 25.3 Å². The highest BCUT2D eigenvalue weighted by Gasteiger charge is 2.61. The number of carbonyl (C=O) groups excluding carboxylic acids is 2. The lowest BCUT2D eigenvalue weighted by Crippen LogP contribution is -2.53. The summed E-state index contributed by atoms with van der Waals surface area (Å²) in [5.41, 5.74) is -1.37. The molecule has 2 aliphatic heterocycles. The average molecular weight is 530 g/mol. The van der Waals surface area contributed by atoms with Gasteiger partial charge in [0, 0.05) is 17.7 Å². The first-order valence-corrected chi connectivity index (χ1v) is 12.6. The molecule has 0 radical (unpaired) electrons. The third-order valence-electron chi connectivity index (χ3n) is 7.15. The fraction of sp³-hybridized carbons (Fsp3) is 0.462. The molecule has 1 saturated heterocycles. The summed E-state index contributed by atoms with van der Waals surface area (Å²) in [4.78, 5) is 44.0. The Bertz CT molecular complexity index is 1270. The van der Waals surface area contributed by atoms with Gasteiger partial charge in [-0.3, -0.25) is 9.69 Å². The van der Waals surface area contributed by atoms with Gasteiger partial charge in [-0.1, -0.05) is 23.8 Å². The number of pyridine rings is 1. The van der Waals surface area contributed by atoms with E-state index < -0.39 is 35.7 Å². The molecule has 0 bridgehead atoms. The first-order valence-electron chi connectivity index (χ1n) is 12.3. The fourth-order valence-corrected chi connectivity index (χ4v) is 5.21. The predicted octanol–water partition coefficient (Wildman–Crippen LogP) is 3.55. The highest BCUT2D eigenvalue weighted by molar-refractivity contribution is 6.30. The minimum atomic E-state index is -1.37. The molecule has 37 heavy (non-hydrogen) atoms. The Morgan fingerprint density at radius 2 is 2.14 bits per heavy atom. The van der Waals surface area contributed by atoms with Crippen LogP contribution in [0.5, 0.6) is 11.6 Å². The Morgan fingerprint density at radius 1 is 1.30 bits per heavy atom. The number of nitrogens with zero attached hydrogens (tertiary/aromatic N) is 2. The van der Waals surface area contributed by atoms with E-state index in [0.29, 0.717) is 24.0 Å². The highest BCUT2D eigenvalue weighted by atomic mass is 35.5. The van der Waals surface area contributed by atoms with Crippen LogP contribution in [-0.2, 0) is 14.3 Å². The second-order valence-electron chi connectivity index (χ2n) is 9.60. The summed E-state index contributed by atoms with van der Waals surface area (Å²) in [7, 11) is 1.57. The van der Waals surface area contributed by atoms with E-state index in [2.05, 4.69) is 10.3 Å². The molecule has 1 aromatic carbocycles. The summed E-state index contributed by atoms with van der Waals surface area (Å²) < 4.78 is 16.9. The number of rotatable bonds is 4. The van der Waals surface area contributed by atoms with Gasteiger partial charge in [0.1, 0.15) is 28.6 Å². The van der Waals surface area contributed by atoms with Crippen LogP contribution >= 0.6 is 11.6 Å². The number of benzene rings is 1. The lowest BCUT2D eigenvalue weighted by atomic mass is 10.1. The van der Waals surface area contributed by atoms with E-state index in [4.69, 9.17) is 25.8 Å². The number of aliphatic carboxylic acids is 1. The Balaban J connectivity index is 1.40. The fourth-order valence-electron chi connectivity index (χ4n) is 5.01. The van der Waals surface area contributed by atoms with Crippen molar-refractivity contribution in [3.8, 4) is 11.6 Å². The number of cyclic esters (lactones) is 1. The van der Waals surface area contributed by atoms with Crippen LogP contribution in [0, 0.1) is 5.92 Å². The first kappa shape index (κ1) is 25.1. The van der Waals surface area contributed by atoms with Crippen LogP contribution in [0.15, 0.2) is 36.4 Å². The van der Waals surface area contributed by atoms with Gasteiger partial charge in [-0.2, -0.15) is 0 Å². The SMILES string of the molecule is COc1ccc2c(OC3CC4C(=O)NC5(C(=O)O)CC5/C=C/CCCCOC(=O)N4C3)nc(Cl)cc2c1. The van der Waals surface area contributed by atoms with Crippen molar-refractivity contribution >= 4 is 40.3 Å². The van der Waals surface area contributed by atoms with Crippen LogP contribution in [-0.4, -0.2) is 70.9 Å². The molecule has 2 fully saturated rings. The van der Waals surface area contributed by atoms with Gasteiger partial charge >= 0.3 is 12.1 Å². The summed E-state index contributed by atoms with van der Waals surface area (Å²) in [6.45, 7) is 0.306. The number of ether oxygens (including phenoxy) is 3. The van der Waals surface area contributed by atoms with Gasteiger partial charge in [-0.05, 0) is 55.3 Å². The molecule has 1 aliphatic carbocycles. The van der Waals surface area contributed by atoms with Gasteiger partial charge in [0.05, 0.1) is 20.3 Å². The lowest BCUT2D eigenvalue weighted by Gasteiger charge is -2.25. The minimum absolute atomic E-state index is 0.0756. The molecule has 2 aromatic rings. The molecular formula is C26H28ClN3O7. The van der Waals surface area contributed by atoms with Crippen molar-refractivity contribution in [2.75, 3.05) is 20.3 Å². The molecule has 5 rings (SSSR count). The van der Waals surface area contributed by atoms with Gasteiger partial charge in [-0.15, -0.1) is 0 Å². The molecule has 2 N–H and O–H groups in total. The molecule has 10 nitrogen and oxygen atoms in total. The van der Waals surface area contributed by atoms with E-state index in [1.165, 1.54) is 4.90 Å². The van der Waals surface area contributed by atoms with Crippen LogP contribution in [0.1, 0.15) is 32.1 Å². The number of amides is 2. The van der Waals surface area contributed by atoms with Gasteiger partial charge in [0.15, 0.2) is 0 Å². The van der Waals surface area contributed by atoms with E-state index in [1.807, 2.05) is 18.2 Å². The molecule has 3 heterocycles. The van der Waals surface area contributed by atoms with Crippen molar-refractivity contribution in [2.45, 2.75) is 49.8 Å². The topological polar surface area (TPSA) is 127 Å². The standard InChI is InChI=1S/C26H28ClN3O7/c1-35-17-7-8-19-15(10-17)11-21(27)28-23(19)37-18-12-20-22(31)29-26(24(32)33)13-16(26)6-4-2-3-5-9-36-25(34)30(20)14-18/h4,6-8,10-11,16,18,20H,2-3,5,9,12-14H2,1H3,(H,29,31)(H,32,33)/b6-4+. The van der Waals surface area contributed by atoms with Crippen LogP contribution < -0.4 is 14.8 Å². The monoisotopic (exact) mass is 529 g/mol. The number of methoxy groups -OCH3 is 1. The molecular weight excluding hydrogens is 502 g/mol. The van der Waals surface area contributed by atoms with E-state index in [0.717, 1.165) is 18.2 Å². The summed E-state index contributed by atoms with van der Waals surface area (Å²) in [6, 6.07) is 6.13. The molecule has 196 valence electrons. The van der Waals surface area contributed by atoms with Gasteiger partial charge in [0.25, 0.3) is 0 Å². The van der Waals surface area contributed by atoms with Crippen molar-refractivity contribution in [1.82, 2.24) is 15.2 Å². The van der Waals surface area contributed by atoms with Crippen LogP contribution in [0.2, 0.25) is 5.15 Å². The van der Waals surface area contributed by atoms with Crippen LogP contribution in [0.3, 0.4) is 0 Å². The third-order valence-corrected chi connectivity index (χ3v) is 7.35. The van der Waals surface area contributed by atoms with Crippen LogP contribution in [0.25, 0.3) is 10.8 Å². The second kappa shape index (κ2) is 10.1. The largest absolute Gasteiger partial charge is 0.497 e. The highest BCUT2D eigenvalue weighted by Crippen LogP contribution is 2.45. The molecule has 2 amide bonds. The number of carbonyl (C=O) groups is 3. The number of hydrogen-bond acceptors (Lipinski definition) is 7. The van der Waals surface area contributed by atoms with Gasteiger partial charge in [-0.25, -0.2) is 14.6 Å². The van der Waals surface area contributed by atoms with E-state index in [9.17, 15) is 19.5 Å². The van der Waals surface area contributed by atoms with Crippen molar-refractivity contribution in [1.29, 1.82) is 0 Å². The maximum atomic E-state index is 13.3. The van der Waals surface area contributed by atoms with Gasteiger partial charge < -0.3 is 24.6 Å². The zero-order valence-corrected chi connectivity index (χ0v) is 21.1. The number of halogens is 1. The zero-order chi connectivity index (χ0) is 26.2. The Labute approximate surface area is 218 Å². The summed E-state index contributed by atoms with van der Waals surface area (Å²) in [6.07, 6.45) is 5.22. The van der Waals surface area contributed by atoms with Crippen LogP contribution in [0.4, 0.5) is 4.79 Å². The predicted molar refractivity (Wildman–Crippen MR) is 134 cm³/mol. The van der Waals surface area contributed by atoms with Gasteiger partial charge in [0.2, 0.25) is 11.8 Å². The quantitative estimate of drug-likeness (QED) is 0.454. The minimum Gasteiger partial charge on any atom is -0.497 e. The maximum Gasteiger partial charge on any atom is 0.410 e. The molecule has 4 atom stereocenters. The number of carboxylic acid groups (broad SMARTS) is 1.